The first-order valence-electron chi connectivity index (χ1n) is 8.20. The molecule has 0 aliphatic heterocycles. The molecule has 0 radical (unpaired) electrons. The maximum Gasteiger partial charge on any atom is 0.195 e. The van der Waals surface area contributed by atoms with Crippen molar-refractivity contribution in [3.8, 4) is 17.6 Å². The molecular formula is C21H14N4O2. The molecule has 2 aromatic heterocycles. The van der Waals surface area contributed by atoms with Crippen LogP contribution in [0.5, 0.6) is 11.5 Å². The Morgan fingerprint density at radius 3 is 2.48 bits per heavy atom. The standard InChI is InChI=1S/C21H14N4O2/c22-10-14-11-24-21-18(19(14)23)17(12-25-21)20(26)13-6-8-16(9-7-13)27-15-4-2-1-3-5-15/h1-9,11-12H,(H3,23,24,25). The number of aromatic nitrogens is 2. The number of pyridine rings is 1. The number of nitrogens with one attached hydrogen (secondary N) is 1. The van der Waals surface area contributed by atoms with Crippen molar-refractivity contribution in [2.45, 2.75) is 0 Å². The van der Waals surface area contributed by atoms with Crippen LogP contribution in [0, 0.1) is 11.3 Å². The van der Waals surface area contributed by atoms with Gasteiger partial charge in [0.15, 0.2) is 5.78 Å². The molecule has 0 fully saturated rings. The average molecular weight is 354 g/mol. The summed E-state index contributed by atoms with van der Waals surface area (Å²) in [6.07, 6.45) is 2.95. The van der Waals surface area contributed by atoms with Gasteiger partial charge in [-0.25, -0.2) is 4.98 Å². The third kappa shape index (κ3) is 2.98. The van der Waals surface area contributed by atoms with E-state index >= 15 is 0 Å². The third-order valence-corrected chi connectivity index (χ3v) is 4.20. The predicted molar refractivity (Wildman–Crippen MR) is 102 cm³/mol. The van der Waals surface area contributed by atoms with E-state index in [0.29, 0.717) is 27.9 Å². The van der Waals surface area contributed by atoms with E-state index in [2.05, 4.69) is 9.97 Å². The van der Waals surface area contributed by atoms with E-state index in [4.69, 9.17) is 15.7 Å². The molecule has 0 aliphatic rings. The Balaban J connectivity index is 1.65. The van der Waals surface area contributed by atoms with Gasteiger partial charge in [0.05, 0.1) is 22.2 Å². The van der Waals surface area contributed by atoms with E-state index in [1.54, 1.807) is 30.5 Å². The fourth-order valence-corrected chi connectivity index (χ4v) is 2.84. The van der Waals surface area contributed by atoms with E-state index in [-0.39, 0.29) is 17.0 Å². The molecule has 27 heavy (non-hydrogen) atoms. The number of hydrogen-bond donors (Lipinski definition) is 2. The van der Waals surface area contributed by atoms with Gasteiger partial charge in [0.25, 0.3) is 0 Å². The normalized spacial score (nSPS) is 10.5. The van der Waals surface area contributed by atoms with E-state index in [0.717, 1.165) is 5.75 Å². The summed E-state index contributed by atoms with van der Waals surface area (Å²) in [4.78, 5) is 20.0. The molecule has 0 saturated carbocycles. The quantitative estimate of drug-likeness (QED) is 0.538. The molecular weight excluding hydrogens is 340 g/mol. The molecule has 4 rings (SSSR count). The Bertz CT molecular complexity index is 1170. The second-order valence-electron chi connectivity index (χ2n) is 5.89. The molecule has 6 nitrogen and oxygen atoms in total. The molecule has 0 bridgehead atoms. The molecule has 0 spiro atoms. The van der Waals surface area contributed by atoms with Gasteiger partial charge in [-0.1, -0.05) is 18.2 Å². The van der Waals surface area contributed by atoms with Crippen molar-refractivity contribution in [3.63, 3.8) is 0 Å². The van der Waals surface area contributed by atoms with E-state index in [9.17, 15) is 4.79 Å². The molecule has 6 heteroatoms. The fraction of sp³-hybridized carbons (Fsp3) is 0. The summed E-state index contributed by atoms with van der Waals surface area (Å²) in [6.45, 7) is 0. The van der Waals surface area contributed by atoms with Gasteiger partial charge in [-0.05, 0) is 36.4 Å². The second-order valence-corrected chi connectivity index (χ2v) is 5.89. The summed E-state index contributed by atoms with van der Waals surface area (Å²) < 4.78 is 5.74. The first-order valence-corrected chi connectivity index (χ1v) is 8.20. The molecule has 3 N–H and O–H groups in total. The number of ether oxygens (including phenoxy) is 1. The number of nitriles is 1. The lowest BCUT2D eigenvalue weighted by Gasteiger charge is -2.07. The first kappa shape index (κ1) is 16.4. The van der Waals surface area contributed by atoms with Crippen LogP contribution in [0.25, 0.3) is 11.0 Å². The minimum absolute atomic E-state index is 0.212. The zero-order valence-electron chi connectivity index (χ0n) is 14.1. The summed E-state index contributed by atoms with van der Waals surface area (Å²) in [6, 6.07) is 18.2. The minimum atomic E-state index is -0.212. The first-order chi connectivity index (χ1) is 13.2. The maximum atomic E-state index is 12.9. The molecule has 0 atom stereocenters. The van der Waals surface area contributed by atoms with Crippen LogP contribution < -0.4 is 10.5 Å². The van der Waals surface area contributed by atoms with Crippen LogP contribution in [0.1, 0.15) is 21.5 Å². The fourth-order valence-electron chi connectivity index (χ4n) is 2.84. The number of anilines is 1. The van der Waals surface area contributed by atoms with Crippen LogP contribution in [0.2, 0.25) is 0 Å². The van der Waals surface area contributed by atoms with Crippen LogP contribution in [-0.4, -0.2) is 15.8 Å². The van der Waals surface area contributed by atoms with Gasteiger partial charge in [0.1, 0.15) is 23.2 Å². The lowest BCUT2D eigenvalue weighted by Crippen LogP contribution is -2.02. The van der Waals surface area contributed by atoms with Gasteiger partial charge >= 0.3 is 0 Å². The number of hydrogen-bond acceptors (Lipinski definition) is 5. The molecule has 4 aromatic rings. The highest BCUT2D eigenvalue weighted by Crippen LogP contribution is 2.28. The number of rotatable bonds is 4. The smallest absolute Gasteiger partial charge is 0.195 e. The number of aromatic amines is 1. The van der Waals surface area contributed by atoms with Crippen LogP contribution >= 0.6 is 0 Å². The monoisotopic (exact) mass is 354 g/mol. The number of nitrogens with zero attached hydrogens (tertiary/aromatic N) is 2. The van der Waals surface area contributed by atoms with Crippen molar-refractivity contribution < 1.29 is 9.53 Å². The Labute approximate surface area is 154 Å². The van der Waals surface area contributed by atoms with Crippen molar-refractivity contribution in [2.75, 3.05) is 5.73 Å². The zero-order valence-corrected chi connectivity index (χ0v) is 14.1. The Kier molecular flexibility index (Phi) is 4.03. The van der Waals surface area contributed by atoms with E-state index in [1.807, 2.05) is 36.4 Å². The van der Waals surface area contributed by atoms with Gasteiger partial charge in [0.2, 0.25) is 0 Å². The molecule has 2 aromatic carbocycles. The van der Waals surface area contributed by atoms with Gasteiger partial charge in [0, 0.05) is 18.0 Å². The number of fused-ring (bicyclic) bond motifs is 1. The van der Waals surface area contributed by atoms with Crippen LogP contribution in [0.4, 0.5) is 5.69 Å². The summed E-state index contributed by atoms with van der Waals surface area (Å²) in [7, 11) is 0. The second kappa shape index (κ2) is 6.65. The SMILES string of the molecule is N#Cc1cnc2[nH]cc(C(=O)c3ccc(Oc4ccccc4)cc3)c2c1N. The zero-order chi connectivity index (χ0) is 18.8. The lowest BCUT2D eigenvalue weighted by molar-refractivity contribution is 0.104. The van der Waals surface area contributed by atoms with Crippen molar-refractivity contribution in [2.24, 2.45) is 0 Å². The third-order valence-electron chi connectivity index (χ3n) is 4.20. The Morgan fingerprint density at radius 2 is 1.78 bits per heavy atom. The molecule has 0 aliphatic carbocycles. The number of carbonyl (C=O) groups is 1. The number of ketones is 1. The Hall–Kier alpha value is -4.11. The molecule has 130 valence electrons. The van der Waals surface area contributed by atoms with Crippen LogP contribution in [0.15, 0.2) is 67.0 Å². The Morgan fingerprint density at radius 1 is 1.07 bits per heavy atom. The number of carbonyl (C=O) groups excluding carboxylic acids is 1. The van der Waals surface area contributed by atoms with E-state index in [1.165, 1.54) is 6.20 Å². The number of nitrogen functional groups attached to an aromatic ring is 1. The number of benzene rings is 2. The van der Waals surface area contributed by atoms with Crippen molar-refractivity contribution in [1.82, 2.24) is 9.97 Å². The largest absolute Gasteiger partial charge is 0.457 e. The molecule has 2 heterocycles. The molecule has 0 unspecified atom stereocenters. The molecule has 0 amide bonds. The highest BCUT2D eigenvalue weighted by atomic mass is 16.5. The predicted octanol–water partition coefficient (Wildman–Crippen LogP) is 4.04. The van der Waals surface area contributed by atoms with Gasteiger partial charge in [-0.15, -0.1) is 0 Å². The topological polar surface area (TPSA) is 105 Å². The average Bonchev–Trinajstić information content (AvgIpc) is 3.14. The van der Waals surface area contributed by atoms with Gasteiger partial charge in [-0.3, -0.25) is 4.79 Å². The number of nitrogens with two attached hydrogens (primary N) is 1. The maximum absolute atomic E-state index is 12.9. The molecule has 0 saturated heterocycles. The number of para-hydroxylation sites is 1. The highest BCUT2D eigenvalue weighted by Gasteiger charge is 2.18. The van der Waals surface area contributed by atoms with Crippen LogP contribution in [-0.2, 0) is 0 Å². The lowest BCUT2D eigenvalue weighted by atomic mass is 10.0. The minimum Gasteiger partial charge on any atom is -0.457 e. The highest BCUT2D eigenvalue weighted by molar-refractivity contribution is 6.18. The number of H-pyrrole nitrogens is 1. The van der Waals surface area contributed by atoms with Crippen molar-refractivity contribution >= 4 is 22.5 Å². The van der Waals surface area contributed by atoms with Crippen LogP contribution in [0.3, 0.4) is 0 Å². The van der Waals surface area contributed by atoms with Gasteiger partial charge < -0.3 is 15.5 Å². The summed E-state index contributed by atoms with van der Waals surface area (Å²) >= 11 is 0. The summed E-state index contributed by atoms with van der Waals surface area (Å²) in [5.74, 6) is 1.14. The van der Waals surface area contributed by atoms with Gasteiger partial charge in [-0.2, -0.15) is 5.26 Å². The van der Waals surface area contributed by atoms with Crippen molar-refractivity contribution in [1.29, 1.82) is 5.26 Å². The van der Waals surface area contributed by atoms with E-state index < -0.39 is 0 Å². The summed E-state index contributed by atoms with van der Waals surface area (Å²) in [5.41, 5.74) is 7.87. The van der Waals surface area contributed by atoms with Crippen molar-refractivity contribution in [3.05, 3.63) is 83.7 Å². The summed E-state index contributed by atoms with van der Waals surface area (Å²) in [5, 5.41) is 9.60.